The van der Waals surface area contributed by atoms with Crippen LogP contribution >= 0.6 is 0 Å². The molecule has 3 heterocycles. The van der Waals surface area contributed by atoms with Gasteiger partial charge in [-0.1, -0.05) is 6.42 Å². The van der Waals surface area contributed by atoms with Crippen LogP contribution in [0.5, 0.6) is 0 Å². The summed E-state index contributed by atoms with van der Waals surface area (Å²) in [4.78, 5) is 16.7. The van der Waals surface area contributed by atoms with Crippen LogP contribution in [0.2, 0.25) is 0 Å². The lowest BCUT2D eigenvalue weighted by atomic mass is 9.85. The Labute approximate surface area is 127 Å². The van der Waals surface area contributed by atoms with E-state index in [0.717, 1.165) is 30.8 Å². The predicted octanol–water partition coefficient (Wildman–Crippen LogP) is 1.18. The van der Waals surface area contributed by atoms with E-state index in [1.807, 2.05) is 6.20 Å². The molecule has 0 N–H and O–H groups in total. The zero-order valence-electron chi connectivity index (χ0n) is 12.9. The highest BCUT2D eigenvalue weighted by Crippen LogP contribution is 2.35. The number of anilines is 1. The van der Waals surface area contributed by atoms with Crippen molar-refractivity contribution in [2.75, 3.05) is 51.2 Å². The molecule has 2 saturated heterocycles. The van der Waals surface area contributed by atoms with Crippen molar-refractivity contribution in [2.45, 2.75) is 31.2 Å². The van der Waals surface area contributed by atoms with Gasteiger partial charge in [-0.25, -0.2) is 9.97 Å². The van der Waals surface area contributed by atoms with Crippen LogP contribution < -0.4 is 4.90 Å². The van der Waals surface area contributed by atoms with Crippen molar-refractivity contribution in [3.63, 3.8) is 0 Å². The highest BCUT2D eigenvalue weighted by molar-refractivity contribution is 5.42. The van der Waals surface area contributed by atoms with E-state index >= 15 is 0 Å². The van der Waals surface area contributed by atoms with Crippen LogP contribution in [0, 0.1) is 0 Å². The predicted molar refractivity (Wildman–Crippen MR) is 83.7 cm³/mol. The summed E-state index contributed by atoms with van der Waals surface area (Å²) in [5.74, 6) is 2.83. The molecule has 1 saturated carbocycles. The van der Waals surface area contributed by atoms with Crippen molar-refractivity contribution in [2.24, 2.45) is 0 Å². The molecule has 3 aliphatic rings. The Bertz CT molecular complexity index is 487. The van der Waals surface area contributed by atoms with E-state index in [-0.39, 0.29) is 0 Å². The Morgan fingerprint density at radius 2 is 1.86 bits per heavy atom. The molecule has 1 aliphatic carbocycles. The SMILES string of the molecule is CN1CCN(C2CN(c3ccnc(C4CCC4)n3)C2)CC1. The van der Waals surface area contributed by atoms with Crippen LogP contribution in [0.3, 0.4) is 0 Å². The van der Waals surface area contributed by atoms with Crippen molar-refractivity contribution in [1.29, 1.82) is 0 Å². The van der Waals surface area contributed by atoms with E-state index < -0.39 is 0 Å². The maximum absolute atomic E-state index is 4.80. The van der Waals surface area contributed by atoms with Crippen LogP contribution in [0.25, 0.3) is 0 Å². The first-order valence-electron chi connectivity index (χ1n) is 8.30. The lowest BCUT2D eigenvalue weighted by Gasteiger charge is -2.48. The van der Waals surface area contributed by atoms with Gasteiger partial charge in [-0.2, -0.15) is 0 Å². The second-order valence-corrected chi connectivity index (χ2v) is 6.80. The van der Waals surface area contributed by atoms with E-state index in [4.69, 9.17) is 4.98 Å². The Kier molecular flexibility index (Phi) is 3.55. The molecule has 0 radical (unpaired) electrons. The molecule has 2 aliphatic heterocycles. The monoisotopic (exact) mass is 287 g/mol. The molecular weight excluding hydrogens is 262 g/mol. The van der Waals surface area contributed by atoms with Gasteiger partial charge in [-0.15, -0.1) is 0 Å². The molecule has 5 heteroatoms. The fourth-order valence-electron chi connectivity index (χ4n) is 3.46. The molecule has 4 rings (SSSR count). The first-order valence-corrected chi connectivity index (χ1v) is 8.30. The van der Waals surface area contributed by atoms with Crippen LogP contribution in [0.15, 0.2) is 12.3 Å². The second-order valence-electron chi connectivity index (χ2n) is 6.80. The van der Waals surface area contributed by atoms with E-state index in [2.05, 4.69) is 32.8 Å². The third-order valence-corrected chi connectivity index (χ3v) is 5.37. The lowest BCUT2D eigenvalue weighted by molar-refractivity contribution is 0.0960. The number of nitrogens with zero attached hydrogens (tertiary/aromatic N) is 5. The lowest BCUT2D eigenvalue weighted by Crippen LogP contribution is -2.63. The zero-order valence-corrected chi connectivity index (χ0v) is 12.9. The third-order valence-electron chi connectivity index (χ3n) is 5.37. The maximum atomic E-state index is 4.80. The number of piperazine rings is 1. The second kappa shape index (κ2) is 5.54. The molecule has 1 aromatic rings. The topological polar surface area (TPSA) is 35.5 Å². The van der Waals surface area contributed by atoms with Crippen molar-refractivity contribution in [1.82, 2.24) is 19.8 Å². The summed E-state index contributed by atoms with van der Waals surface area (Å²) in [6, 6.07) is 2.79. The highest BCUT2D eigenvalue weighted by Gasteiger charge is 2.34. The average molecular weight is 287 g/mol. The van der Waals surface area contributed by atoms with Gasteiger partial charge in [-0.05, 0) is 26.0 Å². The van der Waals surface area contributed by atoms with Gasteiger partial charge in [0.25, 0.3) is 0 Å². The molecule has 21 heavy (non-hydrogen) atoms. The molecule has 0 unspecified atom stereocenters. The van der Waals surface area contributed by atoms with Gasteiger partial charge < -0.3 is 9.80 Å². The standard InChI is InChI=1S/C16H25N5/c1-19-7-9-20(10-8-19)14-11-21(12-14)15-5-6-17-16(18-15)13-3-2-4-13/h5-6,13-14H,2-4,7-12H2,1H3. The van der Waals surface area contributed by atoms with Gasteiger partial charge in [0.05, 0.1) is 0 Å². The fourth-order valence-corrected chi connectivity index (χ4v) is 3.46. The van der Waals surface area contributed by atoms with Crippen LogP contribution in [-0.4, -0.2) is 72.1 Å². The van der Waals surface area contributed by atoms with Crippen molar-refractivity contribution in [3.8, 4) is 0 Å². The van der Waals surface area contributed by atoms with Gasteiger partial charge in [-0.3, -0.25) is 4.90 Å². The van der Waals surface area contributed by atoms with E-state index in [1.54, 1.807) is 0 Å². The first kappa shape index (κ1) is 13.5. The highest BCUT2D eigenvalue weighted by atomic mass is 15.4. The maximum Gasteiger partial charge on any atom is 0.133 e. The Hall–Kier alpha value is -1.20. The average Bonchev–Trinajstić information content (AvgIpc) is 2.38. The molecule has 0 aromatic carbocycles. The summed E-state index contributed by atoms with van der Waals surface area (Å²) in [6.07, 6.45) is 5.83. The molecular formula is C16H25N5. The zero-order chi connectivity index (χ0) is 14.2. The normalized spacial score (nSPS) is 25.7. The minimum absolute atomic E-state index is 0.625. The molecule has 0 amide bonds. The van der Waals surface area contributed by atoms with Crippen LogP contribution in [0.1, 0.15) is 31.0 Å². The molecule has 0 bridgehead atoms. The molecule has 0 atom stereocenters. The summed E-state index contributed by atoms with van der Waals surface area (Å²) in [5.41, 5.74) is 0. The number of rotatable bonds is 3. The van der Waals surface area contributed by atoms with Gasteiger partial charge in [0.15, 0.2) is 0 Å². The first-order chi connectivity index (χ1) is 10.3. The number of hydrogen-bond acceptors (Lipinski definition) is 5. The van der Waals surface area contributed by atoms with E-state index in [1.165, 1.54) is 45.4 Å². The quantitative estimate of drug-likeness (QED) is 0.834. The van der Waals surface area contributed by atoms with Crippen molar-refractivity contribution < 1.29 is 0 Å². The summed E-state index contributed by atoms with van der Waals surface area (Å²) >= 11 is 0. The Morgan fingerprint density at radius 3 is 2.52 bits per heavy atom. The van der Waals surface area contributed by atoms with Crippen molar-refractivity contribution in [3.05, 3.63) is 18.1 Å². The van der Waals surface area contributed by atoms with Crippen LogP contribution in [-0.2, 0) is 0 Å². The van der Waals surface area contributed by atoms with Gasteiger partial charge >= 0.3 is 0 Å². The summed E-state index contributed by atoms with van der Waals surface area (Å²) < 4.78 is 0. The molecule has 3 fully saturated rings. The fraction of sp³-hybridized carbons (Fsp3) is 0.750. The molecule has 114 valence electrons. The third kappa shape index (κ3) is 2.64. The summed E-state index contributed by atoms with van der Waals surface area (Å²) in [5, 5.41) is 0. The Balaban J connectivity index is 1.34. The smallest absolute Gasteiger partial charge is 0.133 e. The summed E-state index contributed by atoms with van der Waals surface area (Å²) in [7, 11) is 2.22. The number of likely N-dealkylation sites (N-methyl/N-ethyl adjacent to an activating group) is 1. The largest absolute Gasteiger partial charge is 0.353 e. The van der Waals surface area contributed by atoms with Crippen LogP contribution in [0.4, 0.5) is 5.82 Å². The van der Waals surface area contributed by atoms with Gasteiger partial charge in [0.2, 0.25) is 0 Å². The van der Waals surface area contributed by atoms with E-state index in [9.17, 15) is 0 Å². The van der Waals surface area contributed by atoms with Gasteiger partial charge in [0.1, 0.15) is 11.6 Å². The minimum atomic E-state index is 0.625. The Morgan fingerprint density at radius 1 is 1.10 bits per heavy atom. The molecule has 0 spiro atoms. The van der Waals surface area contributed by atoms with Crippen molar-refractivity contribution >= 4 is 5.82 Å². The number of hydrogen-bond donors (Lipinski definition) is 0. The summed E-state index contributed by atoms with van der Waals surface area (Å²) in [6.45, 7) is 7.10. The molecule has 5 nitrogen and oxygen atoms in total. The minimum Gasteiger partial charge on any atom is -0.353 e. The van der Waals surface area contributed by atoms with E-state index in [0.29, 0.717) is 5.92 Å². The number of aromatic nitrogens is 2. The molecule has 1 aromatic heterocycles. The van der Waals surface area contributed by atoms with Gasteiger partial charge in [0, 0.05) is 57.4 Å².